The maximum Gasteiger partial charge on any atom is 0.342 e. The highest BCUT2D eigenvalue weighted by Crippen LogP contribution is 2.20. The van der Waals surface area contributed by atoms with Crippen molar-refractivity contribution in [1.82, 2.24) is 9.97 Å². The highest BCUT2D eigenvalue weighted by molar-refractivity contribution is 5.92. The van der Waals surface area contributed by atoms with Gasteiger partial charge in [-0.25, -0.2) is 14.8 Å². The molecule has 24 heavy (non-hydrogen) atoms. The molecule has 0 radical (unpaired) electrons. The lowest BCUT2D eigenvalue weighted by molar-refractivity contribution is 0.0458. The normalized spacial score (nSPS) is 10.5. The lowest BCUT2D eigenvalue weighted by atomic mass is 10.2. The molecule has 3 rings (SSSR count). The lowest BCUT2D eigenvalue weighted by Crippen LogP contribution is -2.10. The Morgan fingerprint density at radius 2 is 1.83 bits per heavy atom. The van der Waals surface area contributed by atoms with Crippen molar-refractivity contribution in [2.45, 2.75) is 13.5 Å². The van der Waals surface area contributed by atoms with Crippen LogP contribution in [0.15, 0.2) is 48.5 Å². The van der Waals surface area contributed by atoms with Crippen molar-refractivity contribution < 1.29 is 14.3 Å². The molecule has 0 aliphatic rings. The van der Waals surface area contributed by atoms with Crippen LogP contribution in [-0.2, 0) is 11.3 Å². The van der Waals surface area contributed by atoms with Crippen molar-refractivity contribution in [3.05, 3.63) is 59.9 Å². The number of hydrogen-bond acceptors (Lipinski definition) is 6. The molecule has 6 nitrogen and oxygen atoms in total. The Hall–Kier alpha value is -3.15. The fourth-order valence-corrected chi connectivity index (χ4v) is 2.34. The number of aromatic nitrogens is 2. The van der Waals surface area contributed by atoms with Gasteiger partial charge < -0.3 is 15.2 Å². The molecule has 0 aliphatic heterocycles. The molecule has 0 aliphatic carbocycles. The largest absolute Gasteiger partial charge is 0.493 e. The number of ether oxygens (including phenoxy) is 2. The molecule has 6 heteroatoms. The third-order valence-electron chi connectivity index (χ3n) is 3.42. The minimum Gasteiger partial charge on any atom is -0.493 e. The predicted molar refractivity (Wildman–Crippen MR) is 90.7 cm³/mol. The number of fused-ring (bicyclic) bond motifs is 1. The summed E-state index contributed by atoms with van der Waals surface area (Å²) >= 11 is 0. The number of anilines is 1. The van der Waals surface area contributed by atoms with Crippen LogP contribution in [0.2, 0.25) is 0 Å². The number of nitrogens with zero attached hydrogens (tertiary/aromatic N) is 2. The molecule has 0 bridgehead atoms. The molecule has 3 aromatic rings. The number of carbonyl (C=O) groups excluding carboxylic acids is 1. The fourth-order valence-electron chi connectivity index (χ4n) is 2.34. The second-order valence-corrected chi connectivity index (χ2v) is 5.05. The van der Waals surface area contributed by atoms with Crippen molar-refractivity contribution in [2.75, 3.05) is 12.3 Å². The minimum absolute atomic E-state index is 0.0612. The predicted octanol–water partition coefficient (Wildman–Crippen LogP) is 2.97. The van der Waals surface area contributed by atoms with Crippen LogP contribution in [0, 0.1) is 0 Å². The molecule has 0 atom stereocenters. The van der Waals surface area contributed by atoms with E-state index in [0.717, 1.165) is 5.39 Å². The van der Waals surface area contributed by atoms with E-state index in [9.17, 15) is 4.79 Å². The van der Waals surface area contributed by atoms with E-state index >= 15 is 0 Å². The number of nitrogens with two attached hydrogens (primary N) is 1. The van der Waals surface area contributed by atoms with E-state index in [-0.39, 0.29) is 6.61 Å². The average molecular weight is 323 g/mol. The quantitative estimate of drug-likeness (QED) is 0.726. The Labute approximate surface area is 139 Å². The Kier molecular flexibility index (Phi) is 4.56. The van der Waals surface area contributed by atoms with Crippen LogP contribution in [0.5, 0.6) is 5.75 Å². The van der Waals surface area contributed by atoms with E-state index in [1.165, 1.54) is 0 Å². The average Bonchev–Trinajstić information content (AvgIpc) is 2.60. The number of rotatable bonds is 5. The fraction of sp³-hybridized carbons (Fsp3) is 0.167. The van der Waals surface area contributed by atoms with Crippen molar-refractivity contribution in [2.24, 2.45) is 0 Å². The molecule has 0 amide bonds. The molecular formula is C18H17N3O3. The van der Waals surface area contributed by atoms with Crippen molar-refractivity contribution in [3.63, 3.8) is 0 Å². The Morgan fingerprint density at radius 3 is 2.67 bits per heavy atom. The molecule has 0 saturated carbocycles. The summed E-state index contributed by atoms with van der Waals surface area (Å²) in [5, 5.41) is 0.772. The first kappa shape index (κ1) is 15.7. The van der Waals surface area contributed by atoms with Crippen LogP contribution in [0.4, 0.5) is 5.82 Å². The van der Waals surface area contributed by atoms with Gasteiger partial charge in [-0.3, -0.25) is 0 Å². The van der Waals surface area contributed by atoms with Crippen LogP contribution >= 0.6 is 0 Å². The molecule has 2 aromatic carbocycles. The van der Waals surface area contributed by atoms with Gasteiger partial charge in [-0.15, -0.1) is 0 Å². The molecular weight excluding hydrogens is 306 g/mol. The standard InChI is InChI=1S/C18H17N3O3/c1-2-23-15-10-6-4-8-13(15)18(22)24-11-16-20-14-9-5-3-7-12(14)17(19)21-16/h3-10H,2,11H2,1H3,(H2,19,20,21). The molecule has 0 spiro atoms. The first-order valence-corrected chi connectivity index (χ1v) is 7.59. The highest BCUT2D eigenvalue weighted by atomic mass is 16.5. The van der Waals surface area contributed by atoms with Gasteiger partial charge in [0.1, 0.15) is 17.1 Å². The molecule has 2 N–H and O–H groups in total. The number of nitrogen functional groups attached to an aromatic ring is 1. The summed E-state index contributed by atoms with van der Waals surface area (Å²) in [4.78, 5) is 20.8. The minimum atomic E-state index is -0.491. The highest BCUT2D eigenvalue weighted by Gasteiger charge is 2.14. The zero-order valence-corrected chi connectivity index (χ0v) is 13.2. The van der Waals surface area contributed by atoms with E-state index in [4.69, 9.17) is 15.2 Å². The van der Waals surface area contributed by atoms with Gasteiger partial charge in [-0.2, -0.15) is 0 Å². The second kappa shape index (κ2) is 6.95. The maximum absolute atomic E-state index is 12.3. The van der Waals surface area contributed by atoms with Crippen molar-refractivity contribution in [3.8, 4) is 5.75 Å². The molecule has 122 valence electrons. The Morgan fingerprint density at radius 1 is 1.08 bits per heavy atom. The van der Waals surface area contributed by atoms with Gasteiger partial charge in [-0.1, -0.05) is 24.3 Å². The number of para-hydroxylation sites is 2. The van der Waals surface area contributed by atoms with E-state index in [2.05, 4.69) is 9.97 Å². The van der Waals surface area contributed by atoms with E-state index in [0.29, 0.717) is 35.1 Å². The van der Waals surface area contributed by atoms with Gasteiger partial charge in [0, 0.05) is 5.39 Å². The zero-order valence-electron chi connectivity index (χ0n) is 13.2. The molecule has 1 heterocycles. The van der Waals surface area contributed by atoms with E-state index < -0.39 is 5.97 Å². The van der Waals surface area contributed by atoms with Crippen LogP contribution < -0.4 is 10.5 Å². The van der Waals surface area contributed by atoms with Gasteiger partial charge in [-0.05, 0) is 31.2 Å². The summed E-state index contributed by atoms with van der Waals surface area (Å²) in [6.45, 7) is 2.26. The number of hydrogen-bond donors (Lipinski definition) is 1. The van der Waals surface area contributed by atoms with E-state index in [1.807, 2.05) is 31.2 Å². The van der Waals surface area contributed by atoms with Crippen LogP contribution in [-0.4, -0.2) is 22.5 Å². The number of benzene rings is 2. The van der Waals surface area contributed by atoms with Gasteiger partial charge in [0.2, 0.25) is 0 Å². The summed E-state index contributed by atoms with van der Waals surface area (Å²) in [6.07, 6.45) is 0. The smallest absolute Gasteiger partial charge is 0.342 e. The third kappa shape index (κ3) is 3.27. The summed E-state index contributed by atoms with van der Waals surface area (Å²) in [5.41, 5.74) is 7.01. The van der Waals surface area contributed by atoms with Gasteiger partial charge in [0.25, 0.3) is 0 Å². The number of carbonyl (C=O) groups is 1. The topological polar surface area (TPSA) is 87.3 Å². The van der Waals surface area contributed by atoms with Crippen LogP contribution in [0.1, 0.15) is 23.1 Å². The monoisotopic (exact) mass is 323 g/mol. The molecule has 1 aromatic heterocycles. The van der Waals surface area contributed by atoms with Crippen LogP contribution in [0.3, 0.4) is 0 Å². The molecule has 0 saturated heterocycles. The Bertz CT molecular complexity index is 880. The summed E-state index contributed by atoms with van der Waals surface area (Å²) in [6, 6.07) is 14.4. The van der Waals surface area contributed by atoms with Crippen molar-refractivity contribution in [1.29, 1.82) is 0 Å². The second-order valence-electron chi connectivity index (χ2n) is 5.05. The van der Waals surface area contributed by atoms with E-state index in [1.54, 1.807) is 24.3 Å². The molecule has 0 unspecified atom stereocenters. The number of esters is 1. The van der Waals surface area contributed by atoms with Crippen LogP contribution in [0.25, 0.3) is 10.9 Å². The first-order chi connectivity index (χ1) is 11.7. The third-order valence-corrected chi connectivity index (χ3v) is 3.42. The summed E-state index contributed by atoms with van der Waals surface area (Å²) in [5.74, 6) is 0.716. The maximum atomic E-state index is 12.3. The van der Waals surface area contributed by atoms with Gasteiger partial charge >= 0.3 is 5.97 Å². The Balaban J connectivity index is 1.77. The summed E-state index contributed by atoms with van der Waals surface area (Å²) < 4.78 is 10.7. The molecule has 0 fully saturated rings. The zero-order chi connectivity index (χ0) is 16.9. The van der Waals surface area contributed by atoms with Crippen molar-refractivity contribution >= 4 is 22.7 Å². The van der Waals surface area contributed by atoms with Gasteiger partial charge in [0.15, 0.2) is 12.4 Å². The first-order valence-electron chi connectivity index (χ1n) is 7.59. The summed E-state index contributed by atoms with van der Waals surface area (Å²) in [7, 11) is 0. The van der Waals surface area contributed by atoms with Gasteiger partial charge in [0.05, 0.1) is 12.1 Å². The SMILES string of the molecule is CCOc1ccccc1C(=O)OCc1nc(N)c2ccccc2n1. The lowest BCUT2D eigenvalue weighted by Gasteiger charge is -2.10.